The molecule has 2 aliphatic heterocycles. The normalized spacial score (nSPS) is 19.7. The summed E-state index contributed by atoms with van der Waals surface area (Å²) in [6.07, 6.45) is 0.697. The van der Waals surface area contributed by atoms with Crippen molar-refractivity contribution in [2.24, 2.45) is 10.9 Å². The Morgan fingerprint density at radius 2 is 2.05 bits per heavy atom. The number of ether oxygens (including phenoxy) is 1. The standard InChI is InChI=1S/C15H24N2O2/c1-10(2)13-12-6-7-17(9-11(12)8-16-13)14(18)19-15(3,4)5/h10H,6-9H2,1-5H3. The molecule has 0 aromatic heterocycles. The van der Waals surface area contributed by atoms with Crippen LogP contribution in [0.5, 0.6) is 0 Å². The van der Waals surface area contributed by atoms with Crippen LogP contribution in [-0.4, -0.2) is 41.9 Å². The van der Waals surface area contributed by atoms with Crippen molar-refractivity contribution in [1.82, 2.24) is 4.90 Å². The van der Waals surface area contributed by atoms with Gasteiger partial charge in [0.2, 0.25) is 0 Å². The highest BCUT2D eigenvalue weighted by Crippen LogP contribution is 2.28. The van der Waals surface area contributed by atoms with Crippen LogP contribution in [0.3, 0.4) is 0 Å². The van der Waals surface area contributed by atoms with E-state index in [0.29, 0.717) is 12.5 Å². The molecule has 0 aliphatic carbocycles. The Hall–Kier alpha value is -1.32. The molecule has 0 fully saturated rings. The maximum atomic E-state index is 12.1. The summed E-state index contributed by atoms with van der Waals surface area (Å²) < 4.78 is 5.43. The van der Waals surface area contributed by atoms with Crippen LogP contribution in [0.1, 0.15) is 41.0 Å². The first kappa shape index (κ1) is 14.1. The summed E-state index contributed by atoms with van der Waals surface area (Å²) in [7, 11) is 0. The lowest BCUT2D eigenvalue weighted by Gasteiger charge is -2.31. The van der Waals surface area contributed by atoms with E-state index >= 15 is 0 Å². The van der Waals surface area contributed by atoms with Crippen molar-refractivity contribution in [2.45, 2.75) is 46.6 Å². The zero-order valence-corrected chi connectivity index (χ0v) is 12.6. The highest BCUT2D eigenvalue weighted by atomic mass is 16.6. The van der Waals surface area contributed by atoms with Gasteiger partial charge in [-0.3, -0.25) is 4.99 Å². The van der Waals surface area contributed by atoms with Gasteiger partial charge in [0, 0.05) is 18.8 Å². The molecule has 0 aromatic rings. The molecule has 0 radical (unpaired) electrons. The molecule has 106 valence electrons. The van der Waals surface area contributed by atoms with Gasteiger partial charge in [0.1, 0.15) is 5.60 Å². The fourth-order valence-corrected chi connectivity index (χ4v) is 2.57. The Morgan fingerprint density at radius 3 is 2.63 bits per heavy atom. The van der Waals surface area contributed by atoms with Crippen LogP contribution >= 0.6 is 0 Å². The zero-order chi connectivity index (χ0) is 14.2. The lowest BCUT2D eigenvalue weighted by Crippen LogP contribution is -2.41. The van der Waals surface area contributed by atoms with Crippen LogP contribution in [0.2, 0.25) is 0 Å². The average molecular weight is 264 g/mol. The molecule has 0 spiro atoms. The van der Waals surface area contributed by atoms with Crippen LogP contribution in [-0.2, 0) is 4.74 Å². The SMILES string of the molecule is CC(C)C1=NCC2=C1CCN(C(=O)OC(C)(C)C)C2. The van der Waals surface area contributed by atoms with Crippen molar-refractivity contribution in [2.75, 3.05) is 19.6 Å². The Labute approximate surface area is 115 Å². The molecular formula is C15H24N2O2. The highest BCUT2D eigenvalue weighted by molar-refractivity contribution is 6.04. The molecule has 4 nitrogen and oxygen atoms in total. The maximum Gasteiger partial charge on any atom is 0.410 e. The van der Waals surface area contributed by atoms with E-state index in [4.69, 9.17) is 4.74 Å². The van der Waals surface area contributed by atoms with Gasteiger partial charge in [-0.2, -0.15) is 0 Å². The second kappa shape index (κ2) is 4.99. The highest BCUT2D eigenvalue weighted by Gasteiger charge is 2.31. The minimum Gasteiger partial charge on any atom is -0.444 e. The Bertz CT molecular complexity index is 442. The largest absolute Gasteiger partial charge is 0.444 e. The molecule has 0 unspecified atom stereocenters. The Kier molecular flexibility index (Phi) is 3.70. The quantitative estimate of drug-likeness (QED) is 0.730. The lowest BCUT2D eigenvalue weighted by molar-refractivity contribution is 0.0261. The van der Waals surface area contributed by atoms with E-state index in [1.165, 1.54) is 16.9 Å². The smallest absolute Gasteiger partial charge is 0.410 e. The number of nitrogens with zero attached hydrogens (tertiary/aromatic N) is 2. The van der Waals surface area contributed by atoms with Crippen LogP contribution in [0.15, 0.2) is 16.1 Å². The van der Waals surface area contributed by atoms with Gasteiger partial charge in [-0.15, -0.1) is 0 Å². The van der Waals surface area contributed by atoms with Crippen LogP contribution < -0.4 is 0 Å². The summed E-state index contributed by atoms with van der Waals surface area (Å²) in [6, 6.07) is 0. The molecule has 2 rings (SSSR count). The topological polar surface area (TPSA) is 41.9 Å². The summed E-state index contributed by atoms with van der Waals surface area (Å²) in [4.78, 5) is 18.5. The summed E-state index contributed by atoms with van der Waals surface area (Å²) in [5.74, 6) is 0.473. The van der Waals surface area contributed by atoms with Gasteiger partial charge in [0.15, 0.2) is 0 Å². The fraction of sp³-hybridized carbons (Fsp3) is 0.733. The number of hydrogen-bond donors (Lipinski definition) is 0. The van der Waals surface area contributed by atoms with Crippen molar-refractivity contribution in [3.8, 4) is 0 Å². The van der Waals surface area contributed by atoms with Crippen molar-refractivity contribution in [3.63, 3.8) is 0 Å². The van der Waals surface area contributed by atoms with Gasteiger partial charge < -0.3 is 9.64 Å². The van der Waals surface area contributed by atoms with Gasteiger partial charge in [0.25, 0.3) is 0 Å². The van der Waals surface area contributed by atoms with Gasteiger partial charge in [-0.25, -0.2) is 4.79 Å². The van der Waals surface area contributed by atoms with Crippen LogP contribution in [0.25, 0.3) is 0 Å². The summed E-state index contributed by atoms with van der Waals surface area (Å²) in [5, 5.41) is 0. The minimum absolute atomic E-state index is 0.211. The number of carbonyl (C=O) groups is 1. The molecule has 0 saturated heterocycles. The second-order valence-corrected chi connectivity index (χ2v) is 6.59. The van der Waals surface area contributed by atoms with E-state index < -0.39 is 5.60 Å². The van der Waals surface area contributed by atoms with Crippen LogP contribution in [0.4, 0.5) is 4.79 Å². The van der Waals surface area contributed by atoms with Crippen molar-refractivity contribution in [1.29, 1.82) is 0 Å². The number of hydrogen-bond acceptors (Lipinski definition) is 3. The molecule has 2 aliphatic rings. The van der Waals surface area contributed by atoms with Crippen molar-refractivity contribution >= 4 is 11.8 Å². The Morgan fingerprint density at radius 1 is 1.37 bits per heavy atom. The number of aliphatic imine (C=N–C) groups is 1. The van der Waals surface area contributed by atoms with Gasteiger partial charge in [0.05, 0.1) is 6.54 Å². The fourth-order valence-electron chi connectivity index (χ4n) is 2.57. The predicted octanol–water partition coefficient (Wildman–Crippen LogP) is 3.03. The van der Waals surface area contributed by atoms with Crippen molar-refractivity contribution in [3.05, 3.63) is 11.1 Å². The molecular weight excluding hydrogens is 240 g/mol. The van der Waals surface area contributed by atoms with Crippen molar-refractivity contribution < 1.29 is 9.53 Å². The third-order valence-electron chi connectivity index (χ3n) is 3.39. The van der Waals surface area contributed by atoms with E-state index in [2.05, 4.69) is 18.8 Å². The second-order valence-electron chi connectivity index (χ2n) is 6.59. The molecule has 0 atom stereocenters. The number of amides is 1. The maximum absolute atomic E-state index is 12.1. The van der Waals surface area contributed by atoms with E-state index in [0.717, 1.165) is 19.5 Å². The van der Waals surface area contributed by atoms with E-state index in [1.54, 1.807) is 4.90 Å². The molecule has 1 amide bonds. The summed E-state index contributed by atoms with van der Waals surface area (Å²) in [5.41, 5.74) is 3.48. The van der Waals surface area contributed by atoms with E-state index in [1.807, 2.05) is 20.8 Å². The zero-order valence-electron chi connectivity index (χ0n) is 12.6. The van der Waals surface area contributed by atoms with Gasteiger partial charge in [-0.1, -0.05) is 13.8 Å². The summed E-state index contributed by atoms with van der Waals surface area (Å²) in [6.45, 7) is 12.2. The molecule has 0 saturated carbocycles. The number of carbonyl (C=O) groups excluding carboxylic acids is 1. The molecule has 0 aromatic carbocycles. The lowest BCUT2D eigenvalue weighted by atomic mass is 9.93. The molecule has 19 heavy (non-hydrogen) atoms. The third kappa shape index (κ3) is 3.17. The predicted molar refractivity (Wildman–Crippen MR) is 76.6 cm³/mol. The first-order valence-corrected chi connectivity index (χ1v) is 7.01. The molecule has 0 N–H and O–H groups in total. The molecule has 2 heterocycles. The monoisotopic (exact) mass is 264 g/mol. The first-order valence-electron chi connectivity index (χ1n) is 7.01. The van der Waals surface area contributed by atoms with E-state index in [-0.39, 0.29) is 6.09 Å². The van der Waals surface area contributed by atoms with E-state index in [9.17, 15) is 4.79 Å². The molecule has 4 heteroatoms. The van der Waals surface area contributed by atoms with Gasteiger partial charge >= 0.3 is 6.09 Å². The summed E-state index contributed by atoms with van der Waals surface area (Å²) >= 11 is 0. The molecule has 0 bridgehead atoms. The number of rotatable bonds is 1. The third-order valence-corrected chi connectivity index (χ3v) is 3.39. The van der Waals surface area contributed by atoms with Crippen LogP contribution in [0, 0.1) is 5.92 Å². The van der Waals surface area contributed by atoms with Gasteiger partial charge in [-0.05, 0) is 44.3 Å². The minimum atomic E-state index is -0.430. The Balaban J connectivity index is 2.03. The first-order chi connectivity index (χ1) is 8.78. The average Bonchev–Trinajstić information content (AvgIpc) is 2.68.